The van der Waals surface area contributed by atoms with Crippen molar-refractivity contribution >= 4 is 18.5 Å². The van der Waals surface area contributed by atoms with Gasteiger partial charge in [-0.1, -0.05) is 55.7 Å². The summed E-state index contributed by atoms with van der Waals surface area (Å²) in [6, 6.07) is 15.4. The fraction of sp³-hybridized carbons (Fsp3) is 0.333. The second-order valence-electron chi connectivity index (χ2n) is 5.99. The lowest BCUT2D eigenvalue weighted by molar-refractivity contribution is -0.193. The molecule has 1 aliphatic heterocycles. The average Bonchev–Trinajstić information content (AvgIpc) is 2.69. The molecule has 23 heavy (non-hydrogen) atoms. The monoisotopic (exact) mass is 346 g/mol. The molecule has 0 spiro atoms. The molecular formula is C18H19O3PS. The van der Waals surface area contributed by atoms with Crippen molar-refractivity contribution in [2.75, 3.05) is 0 Å². The van der Waals surface area contributed by atoms with Gasteiger partial charge in [0.1, 0.15) is 0 Å². The molecular weight excluding hydrogens is 327 g/mol. The van der Waals surface area contributed by atoms with E-state index in [2.05, 4.69) is 0 Å². The van der Waals surface area contributed by atoms with E-state index in [1.165, 1.54) is 30.6 Å². The Kier molecular flexibility index (Phi) is 4.23. The summed E-state index contributed by atoms with van der Waals surface area (Å²) < 4.78 is 11.9. The van der Waals surface area contributed by atoms with Gasteiger partial charge in [-0.25, -0.2) is 0 Å². The highest BCUT2D eigenvalue weighted by Crippen LogP contribution is 2.68. The van der Waals surface area contributed by atoms with Gasteiger partial charge in [0.05, 0.1) is 11.4 Å². The summed E-state index contributed by atoms with van der Waals surface area (Å²) in [5.74, 6) is 1.29. The van der Waals surface area contributed by atoms with Crippen LogP contribution in [0.2, 0.25) is 0 Å². The predicted octanol–water partition coefficient (Wildman–Crippen LogP) is 5.23. The molecule has 0 bridgehead atoms. The summed E-state index contributed by atoms with van der Waals surface area (Å²) in [7, 11) is -3.27. The summed E-state index contributed by atoms with van der Waals surface area (Å²) >= 11 is 1.40. The molecule has 0 saturated heterocycles. The Morgan fingerprint density at radius 3 is 1.91 bits per heavy atom. The van der Waals surface area contributed by atoms with Gasteiger partial charge in [-0.2, -0.15) is 0 Å². The van der Waals surface area contributed by atoms with Crippen molar-refractivity contribution < 1.29 is 13.9 Å². The Hall–Kier alpha value is -1.22. The Morgan fingerprint density at radius 1 is 0.826 bits per heavy atom. The normalized spacial score (nSPS) is 19.7. The van der Waals surface area contributed by atoms with Gasteiger partial charge < -0.3 is 13.9 Å². The summed E-state index contributed by atoms with van der Waals surface area (Å²) in [5.41, 5.74) is 1.87. The number of rotatable bonds is 2. The number of hydrogen-bond donors (Lipinski definition) is 0. The summed E-state index contributed by atoms with van der Waals surface area (Å²) in [6.07, 6.45) is 5.85. The maximum atomic E-state index is 13.4. The van der Waals surface area contributed by atoms with Gasteiger partial charge in [-0.3, -0.25) is 0 Å². The lowest BCUT2D eigenvalue weighted by atomic mass is 10.0. The van der Waals surface area contributed by atoms with Gasteiger partial charge in [0.2, 0.25) is 0 Å². The minimum atomic E-state index is -3.27. The molecule has 1 aliphatic carbocycles. The SMILES string of the molecule is [O-][P+]1(SC2CCCCC2)Oc2ccccc2-c2ccccc2O1. The molecule has 2 aliphatic rings. The third-order valence-electron chi connectivity index (χ3n) is 4.31. The van der Waals surface area contributed by atoms with Crippen LogP contribution in [-0.4, -0.2) is 5.25 Å². The van der Waals surface area contributed by atoms with Crippen LogP contribution in [-0.2, 0) is 0 Å². The van der Waals surface area contributed by atoms with Gasteiger partial charge in [-0.15, -0.1) is 0 Å². The first-order chi connectivity index (χ1) is 11.2. The topological polar surface area (TPSA) is 41.5 Å². The van der Waals surface area contributed by atoms with Crippen LogP contribution in [0.15, 0.2) is 48.5 Å². The lowest BCUT2D eigenvalue weighted by Gasteiger charge is -2.29. The van der Waals surface area contributed by atoms with Crippen molar-refractivity contribution in [2.24, 2.45) is 0 Å². The highest BCUT2D eigenvalue weighted by Gasteiger charge is 2.43. The van der Waals surface area contributed by atoms with Crippen LogP contribution in [0.4, 0.5) is 0 Å². The first kappa shape index (κ1) is 15.3. The molecule has 4 rings (SSSR count). The third kappa shape index (κ3) is 3.21. The molecule has 0 radical (unpaired) electrons. The molecule has 1 saturated carbocycles. The second-order valence-corrected chi connectivity index (χ2v) is 10.1. The molecule has 0 unspecified atom stereocenters. The summed E-state index contributed by atoms with van der Waals surface area (Å²) in [6.45, 7) is 0. The minimum absolute atomic E-state index is 0.354. The minimum Gasteiger partial charge on any atom is -0.607 e. The van der Waals surface area contributed by atoms with E-state index < -0.39 is 7.15 Å². The van der Waals surface area contributed by atoms with E-state index in [4.69, 9.17) is 9.05 Å². The van der Waals surface area contributed by atoms with Crippen molar-refractivity contribution in [3.63, 3.8) is 0 Å². The van der Waals surface area contributed by atoms with E-state index in [-0.39, 0.29) is 0 Å². The van der Waals surface area contributed by atoms with Crippen molar-refractivity contribution in [3.8, 4) is 22.6 Å². The zero-order valence-electron chi connectivity index (χ0n) is 12.8. The van der Waals surface area contributed by atoms with Crippen molar-refractivity contribution in [1.82, 2.24) is 0 Å². The van der Waals surface area contributed by atoms with Crippen molar-refractivity contribution in [1.29, 1.82) is 0 Å². The molecule has 0 amide bonds. The molecule has 0 atom stereocenters. The van der Waals surface area contributed by atoms with Gasteiger partial charge in [0.15, 0.2) is 11.5 Å². The van der Waals surface area contributed by atoms with E-state index in [1.54, 1.807) is 0 Å². The van der Waals surface area contributed by atoms with E-state index >= 15 is 0 Å². The fourth-order valence-corrected chi connectivity index (χ4v) is 7.49. The molecule has 0 aromatic heterocycles. The van der Waals surface area contributed by atoms with Crippen LogP contribution < -0.4 is 13.9 Å². The predicted molar refractivity (Wildman–Crippen MR) is 94.5 cm³/mol. The van der Waals surface area contributed by atoms with E-state index in [0.29, 0.717) is 16.7 Å². The van der Waals surface area contributed by atoms with Crippen LogP contribution in [0.3, 0.4) is 0 Å². The van der Waals surface area contributed by atoms with Crippen LogP contribution in [0.1, 0.15) is 32.1 Å². The molecule has 1 heterocycles. The fourth-order valence-electron chi connectivity index (χ4n) is 3.19. The molecule has 2 aromatic carbocycles. The zero-order chi connectivity index (χ0) is 15.7. The maximum Gasteiger partial charge on any atom is 0.394 e. The quantitative estimate of drug-likeness (QED) is 0.698. The molecule has 1 fully saturated rings. The Bertz CT molecular complexity index is 653. The van der Waals surface area contributed by atoms with E-state index in [9.17, 15) is 4.89 Å². The molecule has 120 valence electrons. The summed E-state index contributed by atoms with van der Waals surface area (Å²) in [5, 5.41) is 0.354. The third-order valence-corrected chi connectivity index (χ3v) is 8.30. The summed E-state index contributed by atoms with van der Waals surface area (Å²) in [4.78, 5) is 13.4. The highest BCUT2D eigenvalue weighted by atomic mass is 32.7. The van der Waals surface area contributed by atoms with Crippen LogP contribution in [0.5, 0.6) is 11.5 Å². The highest BCUT2D eigenvalue weighted by molar-refractivity contribution is 8.57. The molecule has 5 heteroatoms. The van der Waals surface area contributed by atoms with Gasteiger partial charge >= 0.3 is 7.15 Å². The largest absolute Gasteiger partial charge is 0.607 e. The van der Waals surface area contributed by atoms with Gasteiger partial charge in [0.25, 0.3) is 0 Å². The maximum absolute atomic E-state index is 13.4. The zero-order valence-corrected chi connectivity index (χ0v) is 14.5. The van der Waals surface area contributed by atoms with Crippen LogP contribution in [0.25, 0.3) is 11.1 Å². The Labute approximate surface area is 141 Å². The molecule has 0 N–H and O–H groups in total. The van der Waals surface area contributed by atoms with Gasteiger partial charge in [0, 0.05) is 16.4 Å². The number of benzene rings is 2. The van der Waals surface area contributed by atoms with Crippen LogP contribution in [0, 0.1) is 0 Å². The Balaban J connectivity index is 1.71. The van der Waals surface area contributed by atoms with Gasteiger partial charge in [-0.05, 0) is 25.0 Å². The second kappa shape index (κ2) is 6.35. The van der Waals surface area contributed by atoms with E-state index in [1.807, 2.05) is 48.5 Å². The standard InChI is InChI=1S/C18H19O3PS/c19-22(23-14-8-2-1-3-9-14)20-17-12-6-4-10-15(17)16-11-5-7-13-18(16)21-22/h4-7,10-14H,1-3,8-9H2. The van der Waals surface area contributed by atoms with Crippen molar-refractivity contribution in [3.05, 3.63) is 48.5 Å². The van der Waals surface area contributed by atoms with Crippen molar-refractivity contribution in [2.45, 2.75) is 37.4 Å². The number of para-hydroxylation sites is 2. The smallest absolute Gasteiger partial charge is 0.394 e. The molecule has 3 nitrogen and oxygen atoms in total. The van der Waals surface area contributed by atoms with Crippen LogP contribution >= 0.6 is 18.5 Å². The number of hydrogen-bond acceptors (Lipinski definition) is 4. The number of fused-ring (bicyclic) bond motifs is 3. The Morgan fingerprint density at radius 2 is 1.35 bits per heavy atom. The van der Waals surface area contributed by atoms with E-state index in [0.717, 1.165) is 24.0 Å². The molecule has 2 aromatic rings. The first-order valence-electron chi connectivity index (χ1n) is 8.10. The first-order valence-corrected chi connectivity index (χ1v) is 11.1. The lowest BCUT2D eigenvalue weighted by Crippen LogP contribution is -2.21. The average molecular weight is 346 g/mol.